The van der Waals surface area contributed by atoms with E-state index in [4.69, 9.17) is 4.42 Å². The third-order valence-corrected chi connectivity index (χ3v) is 3.52. The van der Waals surface area contributed by atoms with Crippen LogP contribution in [0.3, 0.4) is 0 Å². The Kier molecular flexibility index (Phi) is 3.48. The van der Waals surface area contributed by atoms with Crippen molar-refractivity contribution in [2.75, 3.05) is 18.5 Å². The number of carbonyl (C=O) groups is 1. The molecule has 0 bridgehead atoms. The number of carbonyl (C=O) groups excluding carboxylic acids is 1. The van der Waals surface area contributed by atoms with Crippen LogP contribution in [0.5, 0.6) is 0 Å². The van der Waals surface area contributed by atoms with Crippen molar-refractivity contribution in [3.63, 3.8) is 0 Å². The van der Waals surface area contributed by atoms with Gasteiger partial charge in [-0.1, -0.05) is 30.3 Å². The van der Waals surface area contributed by atoms with Crippen molar-refractivity contribution in [2.45, 2.75) is 6.92 Å². The van der Waals surface area contributed by atoms with Crippen LogP contribution >= 0.6 is 0 Å². The van der Waals surface area contributed by atoms with Crippen LogP contribution < -0.4 is 4.90 Å². The first-order valence-electron chi connectivity index (χ1n) is 6.93. The van der Waals surface area contributed by atoms with E-state index in [2.05, 4.69) is 6.07 Å². The molecule has 1 heterocycles. The van der Waals surface area contributed by atoms with Gasteiger partial charge in [0.1, 0.15) is 5.58 Å². The molecule has 21 heavy (non-hydrogen) atoms. The van der Waals surface area contributed by atoms with Gasteiger partial charge in [-0.3, -0.25) is 4.79 Å². The Balaban J connectivity index is 1.79. The molecule has 3 aromatic rings. The lowest BCUT2D eigenvalue weighted by molar-refractivity contribution is 0.0976. The van der Waals surface area contributed by atoms with Crippen LogP contribution in [0, 0.1) is 6.92 Å². The second-order valence-electron chi connectivity index (χ2n) is 5.27. The molecule has 0 saturated heterocycles. The second-order valence-corrected chi connectivity index (χ2v) is 5.27. The predicted molar refractivity (Wildman–Crippen MR) is 85.0 cm³/mol. The largest absolute Gasteiger partial charge is 0.453 e. The van der Waals surface area contributed by atoms with Crippen molar-refractivity contribution in [2.24, 2.45) is 0 Å². The first-order chi connectivity index (χ1) is 10.1. The summed E-state index contributed by atoms with van der Waals surface area (Å²) in [5.74, 6) is 0.394. The highest BCUT2D eigenvalue weighted by atomic mass is 16.3. The summed E-state index contributed by atoms with van der Waals surface area (Å²) in [6.45, 7) is 2.34. The molecule has 0 amide bonds. The van der Waals surface area contributed by atoms with E-state index in [-0.39, 0.29) is 5.78 Å². The van der Waals surface area contributed by atoms with Crippen molar-refractivity contribution in [1.29, 1.82) is 0 Å². The van der Waals surface area contributed by atoms with Gasteiger partial charge < -0.3 is 9.32 Å². The first kappa shape index (κ1) is 13.4. The Labute approximate surface area is 123 Å². The van der Waals surface area contributed by atoms with Crippen molar-refractivity contribution in [3.05, 3.63) is 65.9 Å². The van der Waals surface area contributed by atoms with Gasteiger partial charge in [-0.05, 0) is 36.8 Å². The number of furan rings is 1. The minimum atomic E-state index is -0.0183. The molecule has 3 nitrogen and oxygen atoms in total. The molecule has 0 unspecified atom stereocenters. The Bertz CT molecular complexity index is 756. The van der Waals surface area contributed by atoms with E-state index in [0.29, 0.717) is 12.3 Å². The predicted octanol–water partition coefficient (Wildman–Crippen LogP) is 4.06. The average Bonchev–Trinajstić information content (AvgIpc) is 2.91. The van der Waals surface area contributed by atoms with E-state index >= 15 is 0 Å². The maximum atomic E-state index is 12.3. The molecule has 0 N–H and O–H groups in total. The number of anilines is 1. The zero-order chi connectivity index (χ0) is 14.8. The Hall–Kier alpha value is -2.55. The van der Waals surface area contributed by atoms with Crippen LogP contribution in [-0.2, 0) is 0 Å². The summed E-state index contributed by atoms with van der Waals surface area (Å²) >= 11 is 0. The standard InChI is InChI=1S/C18H17NO2/c1-13-6-5-8-15(10-13)19(2)12-16(20)18-11-14-7-3-4-9-17(14)21-18/h3-11H,12H2,1-2H3. The summed E-state index contributed by atoms with van der Waals surface area (Å²) < 4.78 is 5.61. The molecule has 0 aliphatic carbocycles. The zero-order valence-corrected chi connectivity index (χ0v) is 12.2. The van der Waals surface area contributed by atoms with Gasteiger partial charge in [0.15, 0.2) is 5.76 Å². The lowest BCUT2D eigenvalue weighted by Crippen LogP contribution is -2.25. The molecular formula is C18H17NO2. The summed E-state index contributed by atoms with van der Waals surface area (Å²) in [4.78, 5) is 14.3. The number of para-hydroxylation sites is 1. The summed E-state index contributed by atoms with van der Waals surface area (Å²) in [5, 5.41) is 0.957. The number of ketones is 1. The van der Waals surface area contributed by atoms with Crippen LogP contribution in [0.4, 0.5) is 5.69 Å². The second kappa shape index (κ2) is 5.44. The van der Waals surface area contributed by atoms with Gasteiger partial charge in [-0.15, -0.1) is 0 Å². The monoisotopic (exact) mass is 279 g/mol. The first-order valence-corrected chi connectivity index (χ1v) is 6.93. The molecule has 2 aromatic carbocycles. The van der Waals surface area contributed by atoms with E-state index in [1.807, 2.05) is 67.4 Å². The number of hydrogen-bond donors (Lipinski definition) is 0. The molecule has 0 aliphatic rings. The molecule has 0 fully saturated rings. The summed E-state index contributed by atoms with van der Waals surface area (Å²) in [6.07, 6.45) is 0. The lowest BCUT2D eigenvalue weighted by atomic mass is 10.2. The van der Waals surface area contributed by atoms with Crippen molar-refractivity contribution < 1.29 is 9.21 Å². The molecule has 0 spiro atoms. The summed E-state index contributed by atoms with van der Waals surface area (Å²) in [5.41, 5.74) is 2.95. The van der Waals surface area contributed by atoms with Gasteiger partial charge in [0, 0.05) is 18.1 Å². The highest BCUT2D eigenvalue weighted by molar-refractivity contribution is 6.00. The van der Waals surface area contributed by atoms with Gasteiger partial charge in [0.05, 0.1) is 6.54 Å². The molecule has 0 atom stereocenters. The SMILES string of the molecule is Cc1cccc(N(C)CC(=O)c2cc3ccccc3o2)c1. The molecule has 0 saturated carbocycles. The fourth-order valence-electron chi connectivity index (χ4n) is 2.37. The van der Waals surface area contributed by atoms with Crippen molar-refractivity contribution in [3.8, 4) is 0 Å². The molecule has 3 heteroatoms. The minimum absolute atomic E-state index is 0.0183. The maximum Gasteiger partial charge on any atom is 0.217 e. The average molecular weight is 279 g/mol. The maximum absolute atomic E-state index is 12.3. The molecule has 0 radical (unpaired) electrons. The summed E-state index contributed by atoms with van der Waals surface area (Å²) in [7, 11) is 1.91. The van der Waals surface area contributed by atoms with Crippen LogP contribution in [-0.4, -0.2) is 19.4 Å². The van der Waals surface area contributed by atoms with Crippen LogP contribution in [0.1, 0.15) is 16.1 Å². The Morgan fingerprint density at radius 1 is 1.10 bits per heavy atom. The third-order valence-electron chi connectivity index (χ3n) is 3.52. The molecule has 0 aliphatic heterocycles. The number of benzene rings is 2. The van der Waals surface area contributed by atoms with Gasteiger partial charge >= 0.3 is 0 Å². The fraction of sp³-hybridized carbons (Fsp3) is 0.167. The number of Topliss-reactive ketones (excluding diaryl/α,β-unsaturated/α-hetero) is 1. The van der Waals surface area contributed by atoms with Gasteiger partial charge in [0.2, 0.25) is 5.78 Å². The topological polar surface area (TPSA) is 33.5 Å². The third kappa shape index (κ3) is 2.82. The number of hydrogen-bond acceptors (Lipinski definition) is 3. The van der Waals surface area contributed by atoms with Gasteiger partial charge in [0.25, 0.3) is 0 Å². The van der Waals surface area contributed by atoms with E-state index in [9.17, 15) is 4.79 Å². The number of fused-ring (bicyclic) bond motifs is 1. The normalized spacial score (nSPS) is 10.8. The van der Waals surface area contributed by atoms with Crippen molar-refractivity contribution >= 4 is 22.4 Å². The van der Waals surface area contributed by atoms with Crippen LogP contribution in [0.25, 0.3) is 11.0 Å². The smallest absolute Gasteiger partial charge is 0.217 e. The van der Waals surface area contributed by atoms with Crippen LogP contribution in [0.15, 0.2) is 59.0 Å². The lowest BCUT2D eigenvalue weighted by Gasteiger charge is -2.18. The van der Waals surface area contributed by atoms with Gasteiger partial charge in [-0.25, -0.2) is 0 Å². The molecule has 3 rings (SSSR count). The van der Waals surface area contributed by atoms with E-state index in [1.165, 1.54) is 5.56 Å². The van der Waals surface area contributed by atoms with Crippen LogP contribution in [0.2, 0.25) is 0 Å². The number of likely N-dealkylation sites (N-methyl/N-ethyl adjacent to an activating group) is 1. The van der Waals surface area contributed by atoms with E-state index in [0.717, 1.165) is 16.7 Å². The minimum Gasteiger partial charge on any atom is -0.453 e. The van der Waals surface area contributed by atoms with Gasteiger partial charge in [-0.2, -0.15) is 0 Å². The summed E-state index contributed by atoms with van der Waals surface area (Å²) in [6, 6.07) is 17.6. The highest BCUT2D eigenvalue weighted by Gasteiger charge is 2.14. The quantitative estimate of drug-likeness (QED) is 0.675. The zero-order valence-electron chi connectivity index (χ0n) is 12.2. The Morgan fingerprint density at radius 3 is 2.67 bits per heavy atom. The highest BCUT2D eigenvalue weighted by Crippen LogP contribution is 2.20. The number of nitrogens with zero attached hydrogens (tertiary/aromatic N) is 1. The number of aryl methyl sites for hydroxylation is 1. The fourth-order valence-corrected chi connectivity index (χ4v) is 2.37. The van der Waals surface area contributed by atoms with E-state index < -0.39 is 0 Å². The number of rotatable bonds is 4. The molecular weight excluding hydrogens is 262 g/mol. The van der Waals surface area contributed by atoms with E-state index in [1.54, 1.807) is 0 Å². The van der Waals surface area contributed by atoms with Crippen molar-refractivity contribution in [1.82, 2.24) is 0 Å². The Morgan fingerprint density at radius 2 is 1.90 bits per heavy atom. The molecule has 1 aromatic heterocycles. The molecule has 106 valence electrons.